The molecule has 108 valence electrons. The first kappa shape index (κ1) is 16.3. The van der Waals surface area contributed by atoms with Crippen LogP contribution < -0.4 is 0 Å². The minimum atomic E-state index is -4.42. The van der Waals surface area contributed by atoms with Gasteiger partial charge in [-0.2, -0.15) is 0 Å². The van der Waals surface area contributed by atoms with Gasteiger partial charge in [0.1, 0.15) is 18.3 Å². The summed E-state index contributed by atoms with van der Waals surface area (Å²) >= 11 is 0. The van der Waals surface area contributed by atoms with E-state index in [1.165, 1.54) is 24.3 Å². The number of rotatable bonds is 6. The van der Waals surface area contributed by atoms with Gasteiger partial charge in [-0.3, -0.25) is 14.0 Å². The standard InChI is InChI=1S/C9H15NO7P2/c11-9-3-1-8(2-4-9)5-10(6-18(12,13)14)7-19(15,16)17/h1-4,11H,5-7H2,(H2,12,13,14)(H2,15,16,17). The van der Waals surface area contributed by atoms with Crippen LogP contribution in [0.3, 0.4) is 0 Å². The van der Waals surface area contributed by atoms with Crippen LogP contribution in [0.15, 0.2) is 24.3 Å². The fourth-order valence-corrected chi connectivity index (χ4v) is 3.13. The topological polar surface area (TPSA) is 139 Å². The van der Waals surface area contributed by atoms with E-state index in [1.807, 2.05) is 0 Å². The van der Waals surface area contributed by atoms with Gasteiger partial charge in [0.05, 0.1) is 0 Å². The molecule has 0 radical (unpaired) electrons. The van der Waals surface area contributed by atoms with Crippen LogP contribution in [0.1, 0.15) is 5.56 Å². The van der Waals surface area contributed by atoms with Crippen molar-refractivity contribution >= 4 is 15.2 Å². The molecule has 1 aromatic carbocycles. The van der Waals surface area contributed by atoms with Crippen molar-refractivity contribution in [2.75, 3.05) is 12.6 Å². The van der Waals surface area contributed by atoms with Gasteiger partial charge in [-0.05, 0) is 17.7 Å². The Morgan fingerprint density at radius 2 is 1.32 bits per heavy atom. The number of nitrogens with zero attached hydrogens (tertiary/aromatic N) is 1. The van der Waals surface area contributed by atoms with Crippen LogP contribution >= 0.6 is 15.2 Å². The van der Waals surface area contributed by atoms with Gasteiger partial charge < -0.3 is 24.7 Å². The molecule has 0 fully saturated rings. The number of benzene rings is 1. The van der Waals surface area contributed by atoms with Crippen molar-refractivity contribution in [2.45, 2.75) is 6.54 Å². The molecular formula is C9H15NO7P2. The first-order valence-electron chi connectivity index (χ1n) is 5.14. The second-order valence-corrected chi connectivity index (χ2v) is 7.33. The molecule has 1 aromatic rings. The zero-order chi connectivity index (χ0) is 14.7. The van der Waals surface area contributed by atoms with Gasteiger partial charge in [-0.15, -0.1) is 0 Å². The zero-order valence-corrected chi connectivity index (χ0v) is 11.6. The van der Waals surface area contributed by atoms with E-state index in [1.54, 1.807) is 0 Å². The Balaban J connectivity index is 2.82. The molecule has 1 rings (SSSR count). The molecule has 19 heavy (non-hydrogen) atoms. The van der Waals surface area contributed by atoms with Gasteiger partial charge in [0.2, 0.25) is 0 Å². The van der Waals surface area contributed by atoms with Crippen LogP contribution in [0.25, 0.3) is 0 Å². The highest BCUT2D eigenvalue weighted by atomic mass is 31.2. The average molecular weight is 311 g/mol. The van der Waals surface area contributed by atoms with Crippen LogP contribution in [-0.4, -0.2) is 42.2 Å². The summed E-state index contributed by atoms with van der Waals surface area (Å²) in [6, 6.07) is 5.76. The Hall–Kier alpha value is -0.720. The third kappa shape index (κ3) is 7.44. The molecule has 0 aliphatic heterocycles. The van der Waals surface area contributed by atoms with Crippen LogP contribution in [0, 0.1) is 0 Å². The minimum Gasteiger partial charge on any atom is -0.508 e. The van der Waals surface area contributed by atoms with E-state index < -0.39 is 27.8 Å². The van der Waals surface area contributed by atoms with Gasteiger partial charge >= 0.3 is 15.2 Å². The molecule has 0 bridgehead atoms. The second-order valence-electron chi connectivity index (χ2n) is 4.11. The van der Waals surface area contributed by atoms with Crippen molar-refractivity contribution in [2.24, 2.45) is 0 Å². The predicted octanol–water partition coefficient (Wildman–Crippen LogP) is 0.465. The lowest BCUT2D eigenvalue weighted by Gasteiger charge is -2.23. The Bertz CT molecular complexity index is 482. The lowest BCUT2D eigenvalue weighted by atomic mass is 10.2. The van der Waals surface area contributed by atoms with Crippen LogP contribution in [0.4, 0.5) is 0 Å². The van der Waals surface area contributed by atoms with E-state index in [0.29, 0.717) is 5.56 Å². The van der Waals surface area contributed by atoms with Crippen LogP contribution in [0.2, 0.25) is 0 Å². The van der Waals surface area contributed by atoms with E-state index in [4.69, 9.17) is 24.7 Å². The first-order chi connectivity index (χ1) is 8.55. The van der Waals surface area contributed by atoms with Crippen molar-refractivity contribution in [1.29, 1.82) is 0 Å². The van der Waals surface area contributed by atoms with E-state index in [9.17, 15) is 9.13 Å². The number of aromatic hydroxyl groups is 1. The summed E-state index contributed by atoms with van der Waals surface area (Å²) < 4.78 is 21.9. The van der Waals surface area contributed by atoms with Crippen molar-refractivity contribution in [1.82, 2.24) is 4.90 Å². The fourth-order valence-electron chi connectivity index (χ4n) is 1.53. The molecule has 0 saturated carbocycles. The van der Waals surface area contributed by atoms with Gasteiger partial charge in [0.15, 0.2) is 0 Å². The summed E-state index contributed by atoms with van der Waals surface area (Å²) in [6.45, 7) is -0.0451. The molecule has 0 heterocycles. The highest BCUT2D eigenvalue weighted by molar-refractivity contribution is 7.52. The normalized spacial score (nSPS) is 12.9. The molecule has 5 N–H and O–H groups in total. The van der Waals surface area contributed by atoms with Gasteiger partial charge in [-0.1, -0.05) is 12.1 Å². The number of hydrogen-bond acceptors (Lipinski definition) is 4. The quantitative estimate of drug-likeness (QED) is 0.478. The molecule has 10 heteroatoms. The largest absolute Gasteiger partial charge is 0.508 e. The molecule has 0 aliphatic rings. The van der Waals surface area contributed by atoms with Gasteiger partial charge in [0.25, 0.3) is 0 Å². The van der Waals surface area contributed by atoms with E-state index in [2.05, 4.69) is 0 Å². The Kier molecular flexibility index (Phi) is 5.29. The minimum absolute atomic E-state index is 0.0280. The SMILES string of the molecule is O=P(O)(O)CN(Cc1ccc(O)cc1)CP(=O)(O)O. The molecule has 0 amide bonds. The van der Waals surface area contributed by atoms with Crippen molar-refractivity contribution in [3.8, 4) is 5.75 Å². The van der Waals surface area contributed by atoms with Gasteiger partial charge in [0, 0.05) is 6.54 Å². The molecule has 0 spiro atoms. The molecule has 8 nitrogen and oxygen atoms in total. The Morgan fingerprint density at radius 3 is 1.68 bits per heavy atom. The maximum atomic E-state index is 10.9. The number of hydrogen-bond donors (Lipinski definition) is 5. The van der Waals surface area contributed by atoms with Gasteiger partial charge in [-0.25, -0.2) is 0 Å². The summed E-state index contributed by atoms with van der Waals surface area (Å²) in [5, 5.41) is 9.10. The smallest absolute Gasteiger partial charge is 0.339 e. The van der Waals surface area contributed by atoms with Crippen LogP contribution in [-0.2, 0) is 15.7 Å². The molecule has 0 aromatic heterocycles. The highest BCUT2D eigenvalue weighted by Crippen LogP contribution is 2.41. The molecule has 0 atom stereocenters. The van der Waals surface area contributed by atoms with Crippen LogP contribution in [0.5, 0.6) is 5.75 Å². The zero-order valence-electron chi connectivity index (χ0n) is 9.82. The summed E-state index contributed by atoms with van der Waals surface area (Å²) in [7, 11) is -8.84. The Morgan fingerprint density at radius 1 is 0.895 bits per heavy atom. The number of phenolic OH excluding ortho intramolecular Hbond substituents is 1. The maximum absolute atomic E-state index is 10.9. The maximum Gasteiger partial charge on any atom is 0.339 e. The lowest BCUT2D eigenvalue weighted by Crippen LogP contribution is -2.25. The van der Waals surface area contributed by atoms with E-state index >= 15 is 0 Å². The average Bonchev–Trinajstić information content (AvgIpc) is 2.16. The highest BCUT2D eigenvalue weighted by Gasteiger charge is 2.25. The molecular weight excluding hydrogens is 296 g/mol. The first-order valence-corrected chi connectivity index (χ1v) is 8.74. The molecule has 0 unspecified atom stereocenters. The third-order valence-electron chi connectivity index (χ3n) is 2.11. The Labute approximate surface area is 109 Å². The lowest BCUT2D eigenvalue weighted by molar-refractivity contribution is 0.273. The summed E-state index contributed by atoms with van der Waals surface area (Å²) in [4.78, 5) is 36.5. The fraction of sp³-hybridized carbons (Fsp3) is 0.333. The second kappa shape index (κ2) is 6.15. The third-order valence-corrected chi connectivity index (χ3v) is 3.65. The summed E-state index contributed by atoms with van der Waals surface area (Å²) in [5.41, 5.74) is 0.569. The predicted molar refractivity (Wildman–Crippen MR) is 67.5 cm³/mol. The van der Waals surface area contributed by atoms with E-state index in [0.717, 1.165) is 4.90 Å². The van der Waals surface area contributed by atoms with Crippen molar-refractivity contribution in [3.63, 3.8) is 0 Å². The molecule has 0 saturated heterocycles. The van der Waals surface area contributed by atoms with Crippen molar-refractivity contribution < 1.29 is 33.8 Å². The van der Waals surface area contributed by atoms with E-state index in [-0.39, 0.29) is 12.3 Å². The summed E-state index contributed by atoms with van der Waals surface area (Å²) in [5.74, 6) is 0.0280. The van der Waals surface area contributed by atoms with Crippen molar-refractivity contribution in [3.05, 3.63) is 29.8 Å². The monoisotopic (exact) mass is 311 g/mol. The number of phenols is 1. The summed E-state index contributed by atoms with van der Waals surface area (Å²) in [6.07, 6.45) is -1.50. The molecule has 0 aliphatic carbocycles.